The first-order chi connectivity index (χ1) is 8.61. The highest BCUT2D eigenvalue weighted by Crippen LogP contribution is 2.25. The zero-order valence-corrected chi connectivity index (χ0v) is 12.3. The molecule has 1 aromatic rings. The van der Waals surface area contributed by atoms with Crippen molar-refractivity contribution in [1.82, 2.24) is 9.97 Å². The zero-order valence-electron chi connectivity index (χ0n) is 11.5. The van der Waals surface area contributed by atoms with E-state index in [-0.39, 0.29) is 12.2 Å². The van der Waals surface area contributed by atoms with Gasteiger partial charge in [0.1, 0.15) is 10.8 Å². The van der Waals surface area contributed by atoms with E-state index in [1.807, 2.05) is 12.4 Å². The van der Waals surface area contributed by atoms with E-state index >= 15 is 0 Å². The van der Waals surface area contributed by atoms with E-state index in [0.29, 0.717) is 6.04 Å². The average molecular weight is 267 g/mol. The van der Waals surface area contributed by atoms with Gasteiger partial charge in [-0.1, -0.05) is 6.92 Å². The van der Waals surface area contributed by atoms with Crippen LogP contribution in [0.5, 0.6) is 0 Å². The second kappa shape index (κ2) is 5.89. The summed E-state index contributed by atoms with van der Waals surface area (Å²) in [6.07, 6.45) is 4.13. The molecular weight excluding hydrogens is 246 g/mol. The first-order valence-corrected chi connectivity index (χ1v) is 7.47. The molecule has 100 valence electrons. The minimum atomic E-state index is 0.220. The summed E-state index contributed by atoms with van der Waals surface area (Å²) in [4.78, 5) is 11.3. The van der Waals surface area contributed by atoms with Gasteiger partial charge in [0.2, 0.25) is 0 Å². The first kappa shape index (κ1) is 13.6. The van der Waals surface area contributed by atoms with Gasteiger partial charge in [0, 0.05) is 6.54 Å². The highest BCUT2D eigenvalue weighted by Gasteiger charge is 2.30. The molecule has 1 fully saturated rings. The number of anilines is 1. The van der Waals surface area contributed by atoms with Crippen LogP contribution in [-0.2, 0) is 4.74 Å². The zero-order chi connectivity index (χ0) is 13.1. The molecule has 4 nitrogen and oxygen atoms in total. The van der Waals surface area contributed by atoms with Crippen molar-refractivity contribution in [2.75, 3.05) is 17.2 Å². The lowest BCUT2D eigenvalue weighted by Crippen LogP contribution is -2.52. The number of hydrogen-bond acceptors (Lipinski definition) is 5. The maximum atomic E-state index is 5.83. The Morgan fingerprint density at radius 2 is 2.17 bits per heavy atom. The number of thioether (sulfide) groups is 1. The summed E-state index contributed by atoms with van der Waals surface area (Å²) in [6.45, 7) is 9.40. The van der Waals surface area contributed by atoms with E-state index in [1.165, 1.54) is 0 Å². The summed E-state index contributed by atoms with van der Waals surface area (Å²) in [5.41, 5.74) is 0. The van der Waals surface area contributed by atoms with Crippen molar-refractivity contribution >= 4 is 17.6 Å². The van der Waals surface area contributed by atoms with Crippen LogP contribution in [0.1, 0.15) is 27.7 Å². The molecule has 18 heavy (non-hydrogen) atoms. The van der Waals surface area contributed by atoms with Crippen LogP contribution in [-0.4, -0.2) is 40.5 Å². The summed E-state index contributed by atoms with van der Waals surface area (Å²) >= 11 is 1.72. The molecule has 5 heteroatoms. The van der Waals surface area contributed by atoms with Gasteiger partial charge in [0.05, 0.1) is 30.6 Å². The normalized spacial score (nSPS) is 28.4. The molecule has 0 N–H and O–H groups in total. The maximum Gasteiger partial charge on any atom is 0.148 e. The third-order valence-electron chi connectivity index (χ3n) is 3.26. The molecule has 0 spiro atoms. The fraction of sp³-hybridized carbons (Fsp3) is 0.692. The quantitative estimate of drug-likeness (QED) is 0.787. The summed E-state index contributed by atoms with van der Waals surface area (Å²) < 4.78 is 5.83. The van der Waals surface area contributed by atoms with Crippen molar-refractivity contribution in [2.24, 2.45) is 0 Å². The van der Waals surface area contributed by atoms with Crippen LogP contribution in [0.15, 0.2) is 17.4 Å². The molecular formula is C13H21N3OS. The molecule has 3 atom stereocenters. The molecule has 1 aromatic heterocycles. The van der Waals surface area contributed by atoms with Crippen molar-refractivity contribution in [2.45, 2.75) is 51.0 Å². The number of rotatable bonds is 3. The highest BCUT2D eigenvalue weighted by molar-refractivity contribution is 7.99. The molecule has 0 bridgehead atoms. The van der Waals surface area contributed by atoms with Crippen LogP contribution in [0.25, 0.3) is 0 Å². The Bertz CT molecular complexity index is 402. The summed E-state index contributed by atoms with van der Waals surface area (Å²) in [6, 6.07) is 0.331. The third-order valence-corrected chi connectivity index (χ3v) is 4.04. The summed E-state index contributed by atoms with van der Waals surface area (Å²) in [5.74, 6) is 1.98. The van der Waals surface area contributed by atoms with Crippen molar-refractivity contribution in [1.29, 1.82) is 0 Å². The van der Waals surface area contributed by atoms with Gasteiger partial charge in [-0.05, 0) is 26.5 Å². The predicted molar refractivity (Wildman–Crippen MR) is 75.2 cm³/mol. The molecule has 0 radical (unpaired) electrons. The van der Waals surface area contributed by atoms with E-state index in [2.05, 4.69) is 42.6 Å². The SMILES string of the molecule is CCSc1cncc(N2CC(C)OC(C)C2C)n1. The number of hydrogen-bond donors (Lipinski definition) is 0. The van der Waals surface area contributed by atoms with E-state index < -0.39 is 0 Å². The number of ether oxygens (including phenoxy) is 1. The van der Waals surface area contributed by atoms with Crippen LogP contribution in [0.4, 0.5) is 5.82 Å². The Morgan fingerprint density at radius 1 is 1.39 bits per heavy atom. The van der Waals surface area contributed by atoms with Crippen LogP contribution in [0, 0.1) is 0 Å². The topological polar surface area (TPSA) is 38.2 Å². The van der Waals surface area contributed by atoms with Gasteiger partial charge in [-0.25, -0.2) is 4.98 Å². The third kappa shape index (κ3) is 2.95. The van der Waals surface area contributed by atoms with Crippen LogP contribution in [0.2, 0.25) is 0 Å². The van der Waals surface area contributed by atoms with Crippen molar-refractivity contribution in [3.05, 3.63) is 12.4 Å². The fourth-order valence-corrected chi connectivity index (χ4v) is 2.81. The minimum absolute atomic E-state index is 0.220. The molecule has 1 saturated heterocycles. The van der Waals surface area contributed by atoms with Crippen LogP contribution >= 0.6 is 11.8 Å². The standard InChI is InChI=1S/C13H21N3OS/c1-5-18-13-7-14-6-12(15-13)16-8-9(2)17-11(4)10(16)3/h6-7,9-11H,5,8H2,1-4H3. The number of morpholine rings is 1. The molecule has 1 aliphatic rings. The van der Waals surface area contributed by atoms with Gasteiger partial charge in [-0.15, -0.1) is 11.8 Å². The molecule has 0 aromatic carbocycles. The second-order valence-electron chi connectivity index (χ2n) is 4.69. The Balaban J connectivity index is 2.20. The van der Waals surface area contributed by atoms with Gasteiger partial charge in [-0.3, -0.25) is 4.98 Å². The molecule has 3 unspecified atom stereocenters. The summed E-state index contributed by atoms with van der Waals surface area (Å²) in [5, 5.41) is 0.994. The second-order valence-corrected chi connectivity index (χ2v) is 5.98. The van der Waals surface area contributed by atoms with Gasteiger partial charge in [0.25, 0.3) is 0 Å². The van der Waals surface area contributed by atoms with Gasteiger partial charge in [-0.2, -0.15) is 0 Å². The first-order valence-electron chi connectivity index (χ1n) is 6.48. The molecule has 2 heterocycles. The number of nitrogens with zero attached hydrogens (tertiary/aromatic N) is 3. The van der Waals surface area contributed by atoms with E-state index in [1.54, 1.807) is 11.8 Å². The Hall–Kier alpha value is -0.810. The van der Waals surface area contributed by atoms with Gasteiger partial charge in [0.15, 0.2) is 0 Å². The molecule has 0 saturated carbocycles. The minimum Gasteiger partial charge on any atom is -0.372 e. The number of aromatic nitrogens is 2. The van der Waals surface area contributed by atoms with Crippen molar-refractivity contribution < 1.29 is 4.74 Å². The Morgan fingerprint density at radius 3 is 2.89 bits per heavy atom. The summed E-state index contributed by atoms with van der Waals surface area (Å²) in [7, 11) is 0. The predicted octanol–water partition coefficient (Wildman–Crippen LogP) is 2.59. The highest BCUT2D eigenvalue weighted by atomic mass is 32.2. The lowest BCUT2D eigenvalue weighted by atomic mass is 10.1. The average Bonchev–Trinajstić information content (AvgIpc) is 2.34. The largest absolute Gasteiger partial charge is 0.372 e. The van der Waals surface area contributed by atoms with E-state index in [9.17, 15) is 0 Å². The lowest BCUT2D eigenvalue weighted by molar-refractivity contribution is -0.0261. The monoisotopic (exact) mass is 267 g/mol. The van der Waals surface area contributed by atoms with E-state index in [0.717, 1.165) is 23.1 Å². The van der Waals surface area contributed by atoms with Gasteiger partial charge >= 0.3 is 0 Å². The molecule has 0 amide bonds. The van der Waals surface area contributed by atoms with Gasteiger partial charge < -0.3 is 9.64 Å². The van der Waals surface area contributed by atoms with Crippen molar-refractivity contribution in [3.63, 3.8) is 0 Å². The maximum absolute atomic E-state index is 5.83. The van der Waals surface area contributed by atoms with Crippen molar-refractivity contribution in [3.8, 4) is 0 Å². The Kier molecular flexibility index (Phi) is 4.45. The van der Waals surface area contributed by atoms with E-state index in [4.69, 9.17) is 4.74 Å². The fourth-order valence-electron chi connectivity index (χ4n) is 2.22. The van der Waals surface area contributed by atoms with Crippen LogP contribution < -0.4 is 4.90 Å². The molecule has 2 rings (SSSR count). The molecule has 1 aliphatic heterocycles. The van der Waals surface area contributed by atoms with Crippen LogP contribution in [0.3, 0.4) is 0 Å². The lowest BCUT2D eigenvalue weighted by Gasteiger charge is -2.41. The Labute approximate surface area is 113 Å². The smallest absolute Gasteiger partial charge is 0.148 e. The molecule has 0 aliphatic carbocycles.